The van der Waals surface area contributed by atoms with Crippen molar-refractivity contribution in [1.29, 1.82) is 10.5 Å². The molecule has 0 spiro atoms. The summed E-state index contributed by atoms with van der Waals surface area (Å²) in [5, 5.41) is 24.4. The highest BCUT2D eigenvalue weighted by Crippen LogP contribution is 2.30. The third kappa shape index (κ3) is 3.81. The number of aryl methyl sites for hydroxylation is 1. The standard InChI is InChI=1S/C24H16ClN5O/c1-15-7-8-16(12-21(15)25)22-10-9-19(31-22)11-17(13-26)23-20(14-27)24(28)30(29-23)18-5-3-2-4-6-18/h2-12H,28H2,1H3/b17-11-. The predicted octanol–water partition coefficient (Wildman–Crippen LogP) is 5.61. The molecule has 2 heterocycles. The van der Waals surface area contributed by atoms with Crippen LogP contribution in [0.3, 0.4) is 0 Å². The van der Waals surface area contributed by atoms with Crippen LogP contribution in [0.5, 0.6) is 0 Å². The number of aromatic nitrogens is 2. The van der Waals surface area contributed by atoms with Crippen molar-refractivity contribution in [1.82, 2.24) is 9.78 Å². The van der Waals surface area contributed by atoms with Crippen LogP contribution in [-0.4, -0.2) is 9.78 Å². The maximum atomic E-state index is 9.75. The Balaban J connectivity index is 1.75. The van der Waals surface area contributed by atoms with Crippen molar-refractivity contribution in [3.63, 3.8) is 0 Å². The number of nitriles is 2. The molecule has 0 atom stereocenters. The maximum Gasteiger partial charge on any atom is 0.145 e. The van der Waals surface area contributed by atoms with E-state index in [0.29, 0.717) is 22.2 Å². The molecule has 31 heavy (non-hydrogen) atoms. The summed E-state index contributed by atoms with van der Waals surface area (Å²) in [6.45, 7) is 1.93. The lowest BCUT2D eigenvalue weighted by Gasteiger charge is -2.02. The number of furan rings is 1. The monoisotopic (exact) mass is 425 g/mol. The highest BCUT2D eigenvalue weighted by Gasteiger charge is 2.20. The molecule has 0 radical (unpaired) electrons. The van der Waals surface area contributed by atoms with E-state index in [9.17, 15) is 10.5 Å². The molecular formula is C24H16ClN5O. The number of anilines is 1. The summed E-state index contributed by atoms with van der Waals surface area (Å²) in [6, 6.07) is 22.5. The topological polar surface area (TPSA) is 105 Å². The Kier molecular flexibility index (Phi) is 5.32. The molecule has 0 saturated carbocycles. The number of allylic oxidation sites excluding steroid dienone is 1. The second kappa shape index (κ2) is 8.23. The largest absolute Gasteiger partial charge is 0.457 e. The smallest absolute Gasteiger partial charge is 0.145 e. The summed E-state index contributed by atoms with van der Waals surface area (Å²) in [7, 11) is 0. The Morgan fingerprint density at radius 1 is 1.13 bits per heavy atom. The summed E-state index contributed by atoms with van der Waals surface area (Å²) in [5.41, 5.74) is 9.13. The first-order chi connectivity index (χ1) is 15.0. The van der Waals surface area contributed by atoms with Crippen LogP contribution in [0.1, 0.15) is 22.6 Å². The van der Waals surface area contributed by atoms with Gasteiger partial charge in [-0.25, -0.2) is 4.68 Å². The van der Waals surface area contributed by atoms with Crippen LogP contribution in [0.2, 0.25) is 5.02 Å². The van der Waals surface area contributed by atoms with Gasteiger partial charge in [0.15, 0.2) is 0 Å². The van der Waals surface area contributed by atoms with E-state index in [-0.39, 0.29) is 22.6 Å². The van der Waals surface area contributed by atoms with Crippen molar-refractivity contribution in [2.45, 2.75) is 6.92 Å². The molecule has 2 aromatic heterocycles. The number of benzene rings is 2. The van der Waals surface area contributed by atoms with Gasteiger partial charge < -0.3 is 10.2 Å². The first-order valence-electron chi connectivity index (χ1n) is 9.34. The molecule has 0 unspecified atom stereocenters. The number of hydrogen-bond acceptors (Lipinski definition) is 5. The molecule has 4 rings (SSSR count). The molecule has 150 valence electrons. The minimum Gasteiger partial charge on any atom is -0.457 e. The molecule has 0 aliphatic rings. The predicted molar refractivity (Wildman–Crippen MR) is 120 cm³/mol. The first kappa shape index (κ1) is 20.0. The van der Waals surface area contributed by atoms with Gasteiger partial charge in [-0.15, -0.1) is 0 Å². The summed E-state index contributed by atoms with van der Waals surface area (Å²) in [6.07, 6.45) is 1.54. The van der Waals surface area contributed by atoms with E-state index in [1.54, 1.807) is 12.1 Å². The molecule has 0 saturated heterocycles. The van der Waals surface area contributed by atoms with Crippen LogP contribution in [0.15, 0.2) is 65.1 Å². The van der Waals surface area contributed by atoms with E-state index in [2.05, 4.69) is 17.2 Å². The Bertz CT molecular complexity index is 1380. The zero-order chi connectivity index (χ0) is 22.0. The van der Waals surface area contributed by atoms with Gasteiger partial charge in [0.1, 0.15) is 40.7 Å². The van der Waals surface area contributed by atoms with Crippen LogP contribution in [0.4, 0.5) is 5.82 Å². The van der Waals surface area contributed by atoms with Gasteiger partial charge in [0.2, 0.25) is 0 Å². The SMILES string of the molecule is Cc1ccc(-c2ccc(/C=C(/C#N)c3nn(-c4ccccc4)c(N)c3C#N)o2)cc1Cl. The molecule has 0 bridgehead atoms. The number of nitrogens with two attached hydrogens (primary N) is 1. The van der Waals surface area contributed by atoms with Gasteiger partial charge >= 0.3 is 0 Å². The van der Waals surface area contributed by atoms with E-state index in [1.807, 2.05) is 55.5 Å². The lowest BCUT2D eigenvalue weighted by atomic mass is 10.1. The molecule has 0 fully saturated rings. The average Bonchev–Trinajstić information content (AvgIpc) is 3.38. The van der Waals surface area contributed by atoms with E-state index >= 15 is 0 Å². The lowest BCUT2D eigenvalue weighted by molar-refractivity contribution is 0.572. The van der Waals surface area contributed by atoms with Crippen LogP contribution < -0.4 is 5.73 Å². The maximum absolute atomic E-state index is 9.75. The lowest BCUT2D eigenvalue weighted by Crippen LogP contribution is -2.02. The molecular weight excluding hydrogens is 410 g/mol. The molecule has 0 amide bonds. The number of nitrogens with zero attached hydrogens (tertiary/aromatic N) is 4. The molecule has 4 aromatic rings. The normalized spacial score (nSPS) is 11.2. The minimum atomic E-state index is 0.133. The van der Waals surface area contributed by atoms with Crippen molar-refractivity contribution in [3.8, 4) is 29.1 Å². The Morgan fingerprint density at radius 3 is 2.58 bits per heavy atom. The molecule has 0 aliphatic heterocycles. The van der Waals surface area contributed by atoms with E-state index in [0.717, 1.165) is 11.1 Å². The van der Waals surface area contributed by atoms with E-state index < -0.39 is 0 Å². The zero-order valence-corrected chi connectivity index (χ0v) is 17.3. The number of hydrogen-bond donors (Lipinski definition) is 1. The molecule has 2 aromatic carbocycles. The third-order valence-corrected chi connectivity index (χ3v) is 5.19. The van der Waals surface area contributed by atoms with Crippen molar-refractivity contribution in [2.75, 3.05) is 5.73 Å². The second-order valence-corrected chi connectivity index (χ2v) is 7.21. The number of rotatable bonds is 4. The summed E-state index contributed by atoms with van der Waals surface area (Å²) < 4.78 is 7.32. The number of nitrogen functional groups attached to an aromatic ring is 1. The molecule has 6 nitrogen and oxygen atoms in total. The number of halogens is 1. The fourth-order valence-electron chi connectivity index (χ4n) is 3.12. The summed E-state index contributed by atoms with van der Waals surface area (Å²) in [4.78, 5) is 0. The Morgan fingerprint density at radius 2 is 1.90 bits per heavy atom. The average molecular weight is 426 g/mol. The van der Waals surface area contributed by atoms with Gasteiger partial charge in [-0.2, -0.15) is 15.6 Å². The van der Waals surface area contributed by atoms with E-state index in [1.165, 1.54) is 10.8 Å². The van der Waals surface area contributed by atoms with Crippen molar-refractivity contribution in [3.05, 3.63) is 88.3 Å². The summed E-state index contributed by atoms with van der Waals surface area (Å²) >= 11 is 6.21. The molecule has 0 aliphatic carbocycles. The zero-order valence-electron chi connectivity index (χ0n) is 16.5. The van der Waals surface area contributed by atoms with E-state index in [4.69, 9.17) is 21.8 Å². The van der Waals surface area contributed by atoms with Crippen molar-refractivity contribution < 1.29 is 4.42 Å². The van der Waals surface area contributed by atoms with Crippen LogP contribution in [0, 0.1) is 29.6 Å². The van der Waals surface area contributed by atoms with Crippen LogP contribution in [0.25, 0.3) is 28.7 Å². The van der Waals surface area contributed by atoms with Crippen LogP contribution in [-0.2, 0) is 0 Å². The first-order valence-corrected chi connectivity index (χ1v) is 9.72. The fourth-order valence-corrected chi connectivity index (χ4v) is 3.30. The molecule has 2 N–H and O–H groups in total. The van der Waals surface area contributed by atoms with Gasteiger partial charge in [0.05, 0.1) is 11.3 Å². The van der Waals surface area contributed by atoms with Crippen molar-refractivity contribution >= 4 is 29.1 Å². The highest BCUT2D eigenvalue weighted by atomic mass is 35.5. The molecule has 7 heteroatoms. The summed E-state index contributed by atoms with van der Waals surface area (Å²) in [5.74, 6) is 1.22. The fraction of sp³-hybridized carbons (Fsp3) is 0.0417. The quantitative estimate of drug-likeness (QED) is 0.427. The second-order valence-electron chi connectivity index (χ2n) is 6.80. The third-order valence-electron chi connectivity index (χ3n) is 4.78. The van der Waals surface area contributed by atoms with Gasteiger partial charge in [0.25, 0.3) is 0 Å². The van der Waals surface area contributed by atoms with Gasteiger partial charge in [0, 0.05) is 16.7 Å². The van der Waals surface area contributed by atoms with Crippen molar-refractivity contribution in [2.24, 2.45) is 0 Å². The minimum absolute atomic E-state index is 0.133. The van der Waals surface area contributed by atoms with Gasteiger partial charge in [-0.05, 0) is 42.8 Å². The van der Waals surface area contributed by atoms with Crippen LogP contribution >= 0.6 is 11.6 Å². The number of para-hydroxylation sites is 1. The highest BCUT2D eigenvalue weighted by molar-refractivity contribution is 6.31. The van der Waals surface area contributed by atoms with Gasteiger partial charge in [-0.3, -0.25) is 0 Å². The Hall–Kier alpha value is -4.26. The van der Waals surface area contributed by atoms with Gasteiger partial charge in [-0.1, -0.05) is 41.9 Å². The Labute approximate surface area is 184 Å².